The summed E-state index contributed by atoms with van der Waals surface area (Å²) in [5.41, 5.74) is 0. The van der Waals surface area contributed by atoms with Crippen molar-refractivity contribution in [2.45, 2.75) is 0 Å². The van der Waals surface area contributed by atoms with Crippen molar-refractivity contribution < 1.29 is 14.1 Å². The molecule has 3 nitrogen and oxygen atoms in total. The zero-order chi connectivity index (χ0) is 9.07. The molecule has 0 atom stereocenters. The van der Waals surface area contributed by atoms with E-state index < -0.39 is 5.78 Å². The monoisotopic (exact) mass is 156 g/mol. The minimum Gasteiger partial charge on any atom is -0.324 e. The molecular formula is C8H14NO2+. The van der Waals surface area contributed by atoms with Crippen molar-refractivity contribution in [1.82, 2.24) is 0 Å². The standard InChI is InChI=1S/C8H14NO2/c1-5-7(10)8(11)6-9(2,3)4/h5H,1,6H2,2-4H3/q+1. The van der Waals surface area contributed by atoms with Crippen LogP contribution in [0.25, 0.3) is 0 Å². The molecule has 3 heteroatoms. The number of nitrogens with zero attached hydrogens (tertiary/aromatic N) is 1. The largest absolute Gasteiger partial charge is 0.324 e. The predicted molar refractivity (Wildman–Crippen MR) is 43.1 cm³/mol. The van der Waals surface area contributed by atoms with Crippen LogP contribution in [0, 0.1) is 0 Å². The fourth-order valence-corrected chi connectivity index (χ4v) is 0.623. The van der Waals surface area contributed by atoms with Gasteiger partial charge in [0.15, 0.2) is 0 Å². The summed E-state index contributed by atoms with van der Waals surface area (Å²) in [6.07, 6.45) is 1.05. The first kappa shape index (κ1) is 10.0. The van der Waals surface area contributed by atoms with Crippen LogP contribution in [0.4, 0.5) is 0 Å². The zero-order valence-electron chi connectivity index (χ0n) is 7.26. The number of allylic oxidation sites excluding steroid dienone is 1. The Bertz CT molecular complexity index is 189. The summed E-state index contributed by atoms with van der Waals surface area (Å²) in [4.78, 5) is 21.7. The number of Topliss-reactive ketones (excluding diaryl/α,β-unsaturated/α-hetero) is 1. The Morgan fingerprint density at radius 1 is 1.36 bits per heavy atom. The Labute approximate surface area is 66.9 Å². The lowest BCUT2D eigenvalue weighted by Crippen LogP contribution is -2.41. The smallest absolute Gasteiger partial charge is 0.256 e. The maximum atomic E-state index is 11.0. The van der Waals surface area contributed by atoms with Gasteiger partial charge < -0.3 is 4.48 Å². The second kappa shape index (κ2) is 3.44. The van der Waals surface area contributed by atoms with Crippen LogP contribution in [0.1, 0.15) is 0 Å². The van der Waals surface area contributed by atoms with Crippen molar-refractivity contribution in [2.24, 2.45) is 0 Å². The van der Waals surface area contributed by atoms with E-state index in [4.69, 9.17) is 0 Å². The zero-order valence-corrected chi connectivity index (χ0v) is 7.26. The molecule has 0 aromatic carbocycles. The highest BCUT2D eigenvalue weighted by atomic mass is 16.2. The number of carbonyl (C=O) groups excluding carboxylic acids is 2. The van der Waals surface area contributed by atoms with Crippen LogP contribution in [-0.4, -0.2) is 43.7 Å². The lowest BCUT2D eigenvalue weighted by molar-refractivity contribution is -0.861. The van der Waals surface area contributed by atoms with Crippen molar-refractivity contribution in [3.8, 4) is 0 Å². The average Bonchev–Trinajstić information content (AvgIpc) is 1.82. The Morgan fingerprint density at radius 2 is 1.82 bits per heavy atom. The van der Waals surface area contributed by atoms with Gasteiger partial charge in [-0.1, -0.05) is 6.58 Å². The highest BCUT2D eigenvalue weighted by Crippen LogP contribution is 1.91. The molecule has 0 aromatic heterocycles. The lowest BCUT2D eigenvalue weighted by atomic mass is 10.2. The Morgan fingerprint density at radius 3 is 2.09 bits per heavy atom. The van der Waals surface area contributed by atoms with Crippen LogP contribution >= 0.6 is 0 Å². The molecule has 0 heterocycles. The predicted octanol–water partition coefficient (Wildman–Crippen LogP) is 0.0168. The fourth-order valence-electron chi connectivity index (χ4n) is 0.623. The van der Waals surface area contributed by atoms with Gasteiger partial charge in [-0.05, 0) is 6.08 Å². The van der Waals surface area contributed by atoms with Crippen LogP contribution in [-0.2, 0) is 9.59 Å². The minimum atomic E-state index is -0.502. The molecule has 0 saturated heterocycles. The molecule has 0 unspecified atom stereocenters. The van der Waals surface area contributed by atoms with Gasteiger partial charge in [0, 0.05) is 0 Å². The Kier molecular flexibility index (Phi) is 3.14. The Hall–Kier alpha value is -0.960. The van der Waals surface area contributed by atoms with E-state index in [2.05, 4.69) is 6.58 Å². The molecule has 0 rings (SSSR count). The average molecular weight is 156 g/mol. The summed E-state index contributed by atoms with van der Waals surface area (Å²) in [7, 11) is 5.57. The topological polar surface area (TPSA) is 34.1 Å². The van der Waals surface area contributed by atoms with Crippen LogP contribution in [0.3, 0.4) is 0 Å². The van der Waals surface area contributed by atoms with Crippen molar-refractivity contribution in [2.75, 3.05) is 27.7 Å². The molecule has 0 aromatic rings. The summed E-state index contributed by atoms with van der Waals surface area (Å²) in [5.74, 6) is -0.884. The van der Waals surface area contributed by atoms with Gasteiger partial charge in [0.25, 0.3) is 5.78 Å². The van der Waals surface area contributed by atoms with Crippen LogP contribution in [0.5, 0.6) is 0 Å². The molecule has 0 radical (unpaired) electrons. The third kappa shape index (κ3) is 4.44. The molecule has 0 saturated carbocycles. The summed E-state index contributed by atoms with van der Waals surface area (Å²) < 4.78 is 0.471. The van der Waals surface area contributed by atoms with Crippen molar-refractivity contribution >= 4 is 11.6 Å². The van der Waals surface area contributed by atoms with Gasteiger partial charge in [0.1, 0.15) is 6.54 Å². The molecular weight excluding hydrogens is 142 g/mol. The number of ketones is 2. The van der Waals surface area contributed by atoms with E-state index in [1.54, 1.807) is 0 Å². The number of hydrogen-bond acceptors (Lipinski definition) is 2. The first-order valence-corrected chi connectivity index (χ1v) is 3.37. The molecule has 11 heavy (non-hydrogen) atoms. The van der Waals surface area contributed by atoms with Crippen molar-refractivity contribution in [1.29, 1.82) is 0 Å². The number of likely N-dealkylation sites (N-methyl/N-ethyl adjacent to an activating group) is 1. The van der Waals surface area contributed by atoms with Gasteiger partial charge in [-0.3, -0.25) is 9.59 Å². The van der Waals surface area contributed by atoms with Crippen LogP contribution in [0.2, 0.25) is 0 Å². The quantitative estimate of drug-likeness (QED) is 0.326. The summed E-state index contributed by atoms with van der Waals surface area (Å²) in [5, 5.41) is 0. The molecule has 62 valence electrons. The van der Waals surface area contributed by atoms with Gasteiger partial charge in [0.2, 0.25) is 5.78 Å². The molecule has 0 aliphatic carbocycles. The summed E-state index contributed by atoms with van der Waals surface area (Å²) in [6, 6.07) is 0. The van der Waals surface area contributed by atoms with Gasteiger partial charge in [-0.2, -0.15) is 0 Å². The van der Waals surface area contributed by atoms with Crippen molar-refractivity contribution in [3.63, 3.8) is 0 Å². The third-order valence-corrected chi connectivity index (χ3v) is 1.08. The SMILES string of the molecule is C=CC(=O)C(=O)C[N+](C)(C)C. The van der Waals surface area contributed by atoms with Crippen LogP contribution in [0.15, 0.2) is 12.7 Å². The fraction of sp³-hybridized carbons (Fsp3) is 0.500. The molecule has 0 amide bonds. The van der Waals surface area contributed by atoms with Crippen molar-refractivity contribution in [3.05, 3.63) is 12.7 Å². The second-order valence-corrected chi connectivity index (χ2v) is 3.44. The number of hydrogen-bond donors (Lipinski definition) is 0. The highest BCUT2D eigenvalue weighted by molar-refractivity contribution is 6.41. The van der Waals surface area contributed by atoms with E-state index >= 15 is 0 Å². The Balaban J connectivity index is 4.09. The molecule has 0 bridgehead atoms. The van der Waals surface area contributed by atoms with Gasteiger partial charge in [-0.15, -0.1) is 0 Å². The van der Waals surface area contributed by atoms with E-state index in [0.29, 0.717) is 4.48 Å². The number of quaternary nitrogens is 1. The number of rotatable bonds is 4. The normalized spacial score (nSPS) is 10.8. The van der Waals surface area contributed by atoms with Gasteiger partial charge in [0.05, 0.1) is 21.1 Å². The molecule has 0 aliphatic heterocycles. The molecule has 0 aliphatic rings. The van der Waals surface area contributed by atoms with Gasteiger partial charge >= 0.3 is 0 Å². The first-order chi connectivity index (χ1) is 4.87. The van der Waals surface area contributed by atoms with Gasteiger partial charge in [-0.25, -0.2) is 0 Å². The first-order valence-electron chi connectivity index (χ1n) is 3.37. The van der Waals surface area contributed by atoms with E-state index in [1.165, 1.54) is 0 Å². The van der Waals surface area contributed by atoms with E-state index in [9.17, 15) is 9.59 Å². The van der Waals surface area contributed by atoms with E-state index in [0.717, 1.165) is 6.08 Å². The summed E-state index contributed by atoms with van der Waals surface area (Å²) in [6.45, 7) is 3.46. The van der Waals surface area contributed by atoms with E-state index in [-0.39, 0.29) is 12.3 Å². The maximum Gasteiger partial charge on any atom is 0.256 e. The second-order valence-electron chi connectivity index (χ2n) is 3.44. The minimum absolute atomic E-state index is 0.227. The lowest BCUT2D eigenvalue weighted by Gasteiger charge is -2.21. The molecule has 0 N–H and O–H groups in total. The highest BCUT2D eigenvalue weighted by Gasteiger charge is 2.18. The molecule has 0 spiro atoms. The number of carbonyl (C=O) groups is 2. The van der Waals surface area contributed by atoms with Crippen LogP contribution < -0.4 is 0 Å². The van der Waals surface area contributed by atoms with E-state index in [1.807, 2.05) is 21.1 Å². The summed E-state index contributed by atoms with van der Waals surface area (Å²) >= 11 is 0. The molecule has 0 fully saturated rings. The third-order valence-electron chi connectivity index (χ3n) is 1.08. The maximum absolute atomic E-state index is 11.0.